The number of benzene rings is 1. The maximum atomic E-state index is 12.9. The van der Waals surface area contributed by atoms with Crippen LogP contribution in [0, 0.1) is 5.95 Å². The van der Waals surface area contributed by atoms with E-state index in [1.54, 1.807) is 0 Å². The molecule has 2 rings (SSSR count). The summed E-state index contributed by atoms with van der Waals surface area (Å²) in [5.41, 5.74) is -1.99. The van der Waals surface area contributed by atoms with E-state index in [1.165, 1.54) is 0 Å². The topological polar surface area (TPSA) is 22.1 Å². The average molecular weight is 325 g/mol. The van der Waals surface area contributed by atoms with Crippen LogP contribution in [0.25, 0.3) is 11.1 Å². The quantitative estimate of drug-likeness (QED) is 0.584. The molecule has 0 bridgehead atoms. The van der Waals surface area contributed by atoms with E-state index in [4.69, 9.17) is 0 Å². The molecule has 1 heterocycles. The molecule has 0 amide bonds. The predicted molar refractivity (Wildman–Crippen MR) is 61.3 cm³/mol. The lowest BCUT2D eigenvalue weighted by molar-refractivity contribution is -0.274. The third-order valence-electron chi connectivity index (χ3n) is 2.53. The second kappa shape index (κ2) is 5.47. The Labute approximate surface area is 119 Å². The van der Waals surface area contributed by atoms with Gasteiger partial charge in [0, 0.05) is 5.56 Å². The number of ether oxygens (including phenoxy) is 1. The van der Waals surface area contributed by atoms with Crippen molar-refractivity contribution in [1.82, 2.24) is 4.98 Å². The molecule has 0 unspecified atom stereocenters. The molecule has 0 aliphatic carbocycles. The minimum atomic E-state index is -4.91. The summed E-state index contributed by atoms with van der Waals surface area (Å²) < 4.78 is 91.0. The molecule has 2 aromatic rings. The van der Waals surface area contributed by atoms with Crippen LogP contribution in [0.2, 0.25) is 0 Å². The van der Waals surface area contributed by atoms with Gasteiger partial charge in [-0.25, -0.2) is 4.98 Å². The van der Waals surface area contributed by atoms with Crippen molar-refractivity contribution < 1.29 is 35.5 Å². The monoisotopic (exact) mass is 325 g/mol. The SMILES string of the molecule is Fc1ccc(-c2ccc(OC(F)(F)F)cc2)c(C(F)(F)F)n1. The summed E-state index contributed by atoms with van der Waals surface area (Å²) in [5, 5.41) is 0. The van der Waals surface area contributed by atoms with Crippen molar-refractivity contribution in [1.29, 1.82) is 0 Å². The highest BCUT2D eigenvalue weighted by Gasteiger charge is 2.36. The largest absolute Gasteiger partial charge is 0.573 e. The van der Waals surface area contributed by atoms with E-state index in [-0.39, 0.29) is 5.56 Å². The van der Waals surface area contributed by atoms with Gasteiger partial charge in [0.1, 0.15) is 5.75 Å². The number of hydrogen-bond acceptors (Lipinski definition) is 2. The van der Waals surface area contributed by atoms with Crippen LogP contribution in [-0.2, 0) is 6.18 Å². The van der Waals surface area contributed by atoms with Crippen LogP contribution in [-0.4, -0.2) is 11.3 Å². The Morgan fingerprint density at radius 2 is 1.41 bits per heavy atom. The summed E-state index contributed by atoms with van der Waals surface area (Å²) in [4.78, 5) is 2.80. The van der Waals surface area contributed by atoms with Gasteiger partial charge in [0.25, 0.3) is 0 Å². The van der Waals surface area contributed by atoms with Gasteiger partial charge in [-0.3, -0.25) is 0 Å². The van der Waals surface area contributed by atoms with Crippen LogP contribution in [0.1, 0.15) is 5.69 Å². The fourth-order valence-corrected chi connectivity index (χ4v) is 1.72. The highest BCUT2D eigenvalue weighted by atomic mass is 19.4. The van der Waals surface area contributed by atoms with Gasteiger partial charge in [-0.15, -0.1) is 13.2 Å². The van der Waals surface area contributed by atoms with E-state index in [9.17, 15) is 30.7 Å². The summed E-state index contributed by atoms with van der Waals surface area (Å²) in [6.07, 6.45) is -9.81. The van der Waals surface area contributed by atoms with Gasteiger partial charge in [-0.1, -0.05) is 12.1 Å². The van der Waals surface area contributed by atoms with Crippen LogP contribution in [0.4, 0.5) is 30.7 Å². The van der Waals surface area contributed by atoms with Crippen LogP contribution in [0.3, 0.4) is 0 Å². The molecule has 0 fully saturated rings. The van der Waals surface area contributed by atoms with Gasteiger partial charge < -0.3 is 4.74 Å². The number of pyridine rings is 1. The van der Waals surface area contributed by atoms with Crippen molar-refractivity contribution >= 4 is 0 Å². The van der Waals surface area contributed by atoms with Crippen molar-refractivity contribution in [2.75, 3.05) is 0 Å². The molecule has 22 heavy (non-hydrogen) atoms. The molecule has 0 spiro atoms. The Morgan fingerprint density at radius 1 is 0.818 bits per heavy atom. The smallest absolute Gasteiger partial charge is 0.406 e. The van der Waals surface area contributed by atoms with Crippen LogP contribution in [0.15, 0.2) is 36.4 Å². The molecule has 0 aliphatic heterocycles. The number of aromatic nitrogens is 1. The lowest BCUT2D eigenvalue weighted by Gasteiger charge is -2.13. The molecule has 118 valence electrons. The zero-order chi connectivity index (χ0) is 16.5. The molecule has 9 heteroatoms. The molecule has 1 aromatic heterocycles. The Kier molecular flexibility index (Phi) is 3.99. The number of hydrogen-bond donors (Lipinski definition) is 0. The maximum Gasteiger partial charge on any atom is 0.573 e. The first-order chi connectivity index (χ1) is 10.1. The third-order valence-corrected chi connectivity index (χ3v) is 2.53. The third kappa shape index (κ3) is 3.86. The van der Waals surface area contributed by atoms with Crippen LogP contribution >= 0.6 is 0 Å². The van der Waals surface area contributed by atoms with Crippen molar-refractivity contribution in [3.05, 3.63) is 48.0 Å². The first-order valence-electron chi connectivity index (χ1n) is 5.66. The van der Waals surface area contributed by atoms with E-state index < -0.39 is 35.5 Å². The summed E-state index contributed by atoms with van der Waals surface area (Å²) in [7, 11) is 0. The second-order valence-corrected chi connectivity index (χ2v) is 4.10. The summed E-state index contributed by atoms with van der Waals surface area (Å²) >= 11 is 0. The van der Waals surface area contributed by atoms with Gasteiger partial charge in [-0.05, 0) is 29.8 Å². The molecule has 0 aliphatic rings. The lowest BCUT2D eigenvalue weighted by atomic mass is 10.0. The molecule has 0 N–H and O–H groups in total. The van der Waals surface area contributed by atoms with Gasteiger partial charge in [0.05, 0.1) is 0 Å². The summed E-state index contributed by atoms with van der Waals surface area (Å²) in [5.74, 6) is -1.90. The number of nitrogens with zero attached hydrogens (tertiary/aromatic N) is 1. The minimum absolute atomic E-state index is 0.0747. The van der Waals surface area contributed by atoms with E-state index >= 15 is 0 Å². The summed E-state index contributed by atoms with van der Waals surface area (Å²) in [6, 6.07) is 5.27. The Balaban J connectivity index is 2.41. The zero-order valence-electron chi connectivity index (χ0n) is 10.5. The highest BCUT2D eigenvalue weighted by molar-refractivity contribution is 5.67. The predicted octanol–water partition coefficient (Wildman–Crippen LogP) is 4.81. The molecule has 0 radical (unpaired) electrons. The number of halogens is 7. The first-order valence-corrected chi connectivity index (χ1v) is 5.66. The van der Waals surface area contributed by atoms with Crippen molar-refractivity contribution in [3.63, 3.8) is 0 Å². The van der Waals surface area contributed by atoms with E-state index in [0.29, 0.717) is 0 Å². The molecule has 0 atom stereocenters. The van der Waals surface area contributed by atoms with Crippen LogP contribution in [0.5, 0.6) is 5.75 Å². The fraction of sp³-hybridized carbons (Fsp3) is 0.154. The maximum absolute atomic E-state index is 12.9. The fourth-order valence-electron chi connectivity index (χ4n) is 1.72. The van der Waals surface area contributed by atoms with E-state index in [2.05, 4.69) is 9.72 Å². The minimum Gasteiger partial charge on any atom is -0.406 e. The standard InChI is InChI=1S/C13H6F7NO/c14-10-6-5-9(11(21-10)12(15,16)17)7-1-3-8(4-2-7)22-13(18,19)20/h1-6H. The molecule has 1 aromatic carbocycles. The van der Waals surface area contributed by atoms with Crippen LogP contribution < -0.4 is 4.74 Å². The van der Waals surface area contributed by atoms with Crippen molar-refractivity contribution in [3.8, 4) is 16.9 Å². The molecule has 2 nitrogen and oxygen atoms in total. The van der Waals surface area contributed by atoms with Crippen molar-refractivity contribution in [2.24, 2.45) is 0 Å². The normalized spacial score (nSPS) is 12.3. The van der Waals surface area contributed by atoms with Gasteiger partial charge >= 0.3 is 12.5 Å². The van der Waals surface area contributed by atoms with E-state index in [0.717, 1.165) is 36.4 Å². The highest BCUT2D eigenvalue weighted by Crippen LogP contribution is 2.36. The average Bonchev–Trinajstić information content (AvgIpc) is 2.37. The van der Waals surface area contributed by atoms with Gasteiger partial charge in [0.2, 0.25) is 5.95 Å². The van der Waals surface area contributed by atoms with E-state index in [1.807, 2.05) is 0 Å². The first kappa shape index (κ1) is 16.1. The molecule has 0 saturated carbocycles. The number of rotatable bonds is 2. The van der Waals surface area contributed by atoms with Gasteiger partial charge in [0.15, 0.2) is 5.69 Å². The summed E-state index contributed by atoms with van der Waals surface area (Å²) in [6.45, 7) is 0. The molecule has 0 saturated heterocycles. The Morgan fingerprint density at radius 3 is 1.91 bits per heavy atom. The van der Waals surface area contributed by atoms with Gasteiger partial charge in [-0.2, -0.15) is 17.6 Å². The number of alkyl halides is 6. The molecular weight excluding hydrogens is 319 g/mol. The molecular formula is C13H6F7NO. The second-order valence-electron chi connectivity index (χ2n) is 4.10. The Bertz CT molecular complexity index is 662. The van der Waals surface area contributed by atoms with Crippen molar-refractivity contribution in [2.45, 2.75) is 12.5 Å². The Hall–Kier alpha value is -2.32. The zero-order valence-corrected chi connectivity index (χ0v) is 10.5. The lowest BCUT2D eigenvalue weighted by Crippen LogP contribution is -2.17.